The molecule has 2 N–H and O–H groups in total. The van der Waals surface area contributed by atoms with Crippen molar-refractivity contribution >= 4 is 15.9 Å². The highest BCUT2D eigenvalue weighted by Gasteiger charge is 2.28. The molecular weight excluding hydrogens is 385 g/mol. The highest BCUT2D eigenvalue weighted by Crippen LogP contribution is 2.19. The molecule has 0 aliphatic carbocycles. The second kappa shape index (κ2) is 8.40. The first-order valence-corrected chi connectivity index (χ1v) is 9.19. The Morgan fingerprint density at radius 3 is 2.37 bits per heavy atom. The van der Waals surface area contributed by atoms with Crippen molar-refractivity contribution < 1.29 is 31.1 Å². The molecule has 2 aromatic rings. The molecule has 0 aliphatic rings. The number of alkyl halides is 3. The number of rotatable bonds is 7. The Balaban J connectivity index is 1.97. The van der Waals surface area contributed by atoms with Crippen LogP contribution in [0.3, 0.4) is 0 Å². The van der Waals surface area contributed by atoms with Crippen LogP contribution in [0.1, 0.15) is 15.9 Å². The molecule has 0 spiro atoms. The first kappa shape index (κ1) is 20.7. The van der Waals surface area contributed by atoms with E-state index in [0.29, 0.717) is 5.56 Å². The van der Waals surface area contributed by atoms with Gasteiger partial charge in [0.05, 0.1) is 4.90 Å². The molecule has 146 valence electrons. The van der Waals surface area contributed by atoms with Crippen molar-refractivity contribution in [2.45, 2.75) is 17.6 Å². The lowest BCUT2D eigenvalue weighted by molar-refractivity contribution is -0.153. The molecule has 0 saturated carbocycles. The molecule has 0 unspecified atom stereocenters. The summed E-state index contributed by atoms with van der Waals surface area (Å²) in [6.45, 7) is -1.33. The number of sulfonamides is 1. The Bertz CT molecular complexity index is 897. The van der Waals surface area contributed by atoms with Crippen LogP contribution in [0.15, 0.2) is 53.4 Å². The summed E-state index contributed by atoms with van der Waals surface area (Å²) in [5.74, 6) is -0.465. The van der Waals surface area contributed by atoms with Gasteiger partial charge in [-0.25, -0.2) is 13.1 Å². The number of nitrogens with one attached hydrogen (secondary N) is 2. The maximum Gasteiger partial charge on any atom is 0.422 e. The van der Waals surface area contributed by atoms with Crippen LogP contribution in [0.25, 0.3) is 0 Å². The lowest BCUT2D eigenvalue weighted by atomic mass is 10.2. The van der Waals surface area contributed by atoms with Crippen molar-refractivity contribution in [3.8, 4) is 5.75 Å². The first-order chi connectivity index (χ1) is 12.6. The summed E-state index contributed by atoms with van der Waals surface area (Å²) in [6, 6.07) is 11.3. The van der Waals surface area contributed by atoms with E-state index in [2.05, 4.69) is 14.8 Å². The summed E-state index contributed by atoms with van der Waals surface area (Å²) in [5, 5.41) is 2.61. The maximum absolute atomic E-state index is 12.1. The van der Waals surface area contributed by atoms with Crippen LogP contribution in [0.2, 0.25) is 0 Å². The van der Waals surface area contributed by atoms with Crippen molar-refractivity contribution in [3.05, 3.63) is 59.7 Å². The van der Waals surface area contributed by atoms with E-state index >= 15 is 0 Å². The van der Waals surface area contributed by atoms with Gasteiger partial charge in [-0.3, -0.25) is 4.79 Å². The molecule has 27 heavy (non-hydrogen) atoms. The van der Waals surface area contributed by atoms with Crippen molar-refractivity contribution in [3.63, 3.8) is 0 Å². The Kier molecular flexibility index (Phi) is 6.45. The highest BCUT2D eigenvalue weighted by molar-refractivity contribution is 7.89. The van der Waals surface area contributed by atoms with Gasteiger partial charge in [-0.1, -0.05) is 12.1 Å². The lowest BCUT2D eigenvalue weighted by Gasteiger charge is -2.10. The maximum atomic E-state index is 12.1. The average Bonchev–Trinajstić information content (AvgIpc) is 2.64. The van der Waals surface area contributed by atoms with Crippen LogP contribution < -0.4 is 14.8 Å². The Labute approximate surface area is 154 Å². The number of carbonyl (C=O) groups is 1. The molecule has 0 atom stereocenters. The van der Waals surface area contributed by atoms with Gasteiger partial charge in [-0.2, -0.15) is 13.2 Å². The number of amides is 1. The smallest absolute Gasteiger partial charge is 0.422 e. The minimum atomic E-state index is -4.44. The minimum absolute atomic E-state index is 0.00570. The van der Waals surface area contributed by atoms with E-state index in [1.165, 1.54) is 43.4 Å². The highest BCUT2D eigenvalue weighted by atomic mass is 32.2. The molecule has 0 heterocycles. The summed E-state index contributed by atoms with van der Waals surface area (Å²) in [7, 11) is -2.29. The molecular formula is C17H17F3N2O4S. The predicted octanol–water partition coefficient (Wildman–Crippen LogP) is 2.47. The van der Waals surface area contributed by atoms with Gasteiger partial charge in [0.2, 0.25) is 10.0 Å². The summed E-state index contributed by atoms with van der Waals surface area (Å²) in [5.41, 5.74) is 0.804. The fourth-order valence-corrected chi connectivity index (χ4v) is 2.89. The minimum Gasteiger partial charge on any atom is -0.484 e. The van der Waals surface area contributed by atoms with E-state index in [-0.39, 0.29) is 22.8 Å². The average molecular weight is 402 g/mol. The molecule has 2 rings (SSSR count). The van der Waals surface area contributed by atoms with E-state index in [4.69, 9.17) is 0 Å². The fraction of sp³-hybridized carbons (Fsp3) is 0.235. The monoisotopic (exact) mass is 402 g/mol. The molecule has 10 heteroatoms. The van der Waals surface area contributed by atoms with Gasteiger partial charge in [0, 0.05) is 12.1 Å². The number of hydrogen-bond acceptors (Lipinski definition) is 4. The Hall–Kier alpha value is -2.59. The number of carbonyl (C=O) groups excluding carboxylic acids is 1. The molecule has 0 bridgehead atoms. The third kappa shape index (κ3) is 6.26. The van der Waals surface area contributed by atoms with Gasteiger partial charge in [-0.05, 0) is 49.0 Å². The first-order valence-electron chi connectivity index (χ1n) is 7.71. The van der Waals surface area contributed by atoms with Crippen LogP contribution >= 0.6 is 0 Å². The second-order valence-electron chi connectivity index (χ2n) is 5.47. The van der Waals surface area contributed by atoms with Gasteiger partial charge in [0.15, 0.2) is 6.61 Å². The van der Waals surface area contributed by atoms with Crippen molar-refractivity contribution in [1.29, 1.82) is 0 Å². The van der Waals surface area contributed by atoms with E-state index in [1.54, 1.807) is 12.1 Å². The zero-order valence-electron chi connectivity index (χ0n) is 14.2. The van der Waals surface area contributed by atoms with E-state index in [1.807, 2.05) is 0 Å². The van der Waals surface area contributed by atoms with Crippen LogP contribution in [0, 0.1) is 0 Å². The second-order valence-corrected chi connectivity index (χ2v) is 7.35. The summed E-state index contributed by atoms with van der Waals surface area (Å²) >= 11 is 0. The molecule has 0 saturated heterocycles. The van der Waals surface area contributed by atoms with Gasteiger partial charge < -0.3 is 10.1 Å². The van der Waals surface area contributed by atoms with Crippen LogP contribution in [0.4, 0.5) is 13.2 Å². The van der Waals surface area contributed by atoms with Gasteiger partial charge in [0.1, 0.15) is 5.75 Å². The molecule has 0 fully saturated rings. The summed E-state index contributed by atoms with van der Waals surface area (Å²) in [6.07, 6.45) is -4.44. The third-order valence-corrected chi connectivity index (χ3v) is 4.86. The van der Waals surface area contributed by atoms with Gasteiger partial charge in [0.25, 0.3) is 5.91 Å². The number of benzene rings is 2. The zero-order chi connectivity index (χ0) is 20.1. The number of halogens is 3. The van der Waals surface area contributed by atoms with Gasteiger partial charge >= 0.3 is 6.18 Å². The molecule has 0 radical (unpaired) electrons. The molecule has 6 nitrogen and oxygen atoms in total. The normalized spacial score (nSPS) is 11.9. The van der Waals surface area contributed by atoms with Crippen LogP contribution in [0.5, 0.6) is 5.75 Å². The molecule has 2 aromatic carbocycles. The quantitative estimate of drug-likeness (QED) is 0.745. The summed E-state index contributed by atoms with van der Waals surface area (Å²) < 4.78 is 66.6. The third-order valence-electron chi connectivity index (χ3n) is 3.45. The molecule has 1 amide bonds. The predicted molar refractivity (Wildman–Crippen MR) is 91.8 cm³/mol. The van der Waals surface area contributed by atoms with Crippen molar-refractivity contribution in [2.75, 3.05) is 13.7 Å². The zero-order valence-corrected chi connectivity index (χ0v) is 15.0. The standard InChI is InChI=1S/C17H17F3N2O4S/c1-21-27(24,25)15-4-2-3-12(9-15)10-22-16(23)13-5-7-14(8-6-13)26-11-17(18,19)20/h2-9,21H,10-11H2,1H3,(H,22,23). The molecule has 0 aliphatic heterocycles. The number of ether oxygens (including phenoxy) is 1. The fourth-order valence-electron chi connectivity index (χ4n) is 2.09. The Morgan fingerprint density at radius 2 is 1.78 bits per heavy atom. The van der Waals surface area contributed by atoms with E-state index < -0.39 is 28.7 Å². The SMILES string of the molecule is CNS(=O)(=O)c1cccc(CNC(=O)c2ccc(OCC(F)(F)F)cc2)c1. The molecule has 0 aromatic heterocycles. The Morgan fingerprint density at radius 1 is 1.11 bits per heavy atom. The lowest BCUT2D eigenvalue weighted by Crippen LogP contribution is -2.23. The number of hydrogen-bond donors (Lipinski definition) is 2. The van der Waals surface area contributed by atoms with Crippen molar-refractivity contribution in [2.24, 2.45) is 0 Å². The van der Waals surface area contributed by atoms with E-state index in [9.17, 15) is 26.4 Å². The van der Waals surface area contributed by atoms with Crippen LogP contribution in [-0.4, -0.2) is 34.2 Å². The van der Waals surface area contributed by atoms with E-state index in [0.717, 1.165) is 0 Å². The van der Waals surface area contributed by atoms with Crippen LogP contribution in [-0.2, 0) is 16.6 Å². The largest absolute Gasteiger partial charge is 0.484 e. The van der Waals surface area contributed by atoms with Gasteiger partial charge in [-0.15, -0.1) is 0 Å². The topological polar surface area (TPSA) is 84.5 Å². The summed E-state index contributed by atoms with van der Waals surface area (Å²) in [4.78, 5) is 12.2. The van der Waals surface area contributed by atoms with Crippen molar-refractivity contribution in [1.82, 2.24) is 10.0 Å².